The summed E-state index contributed by atoms with van der Waals surface area (Å²) in [7, 11) is 0. The van der Waals surface area contributed by atoms with E-state index in [0.717, 1.165) is 57.8 Å². The molecule has 0 radical (unpaired) electrons. The molecule has 8 heteroatoms. The van der Waals surface area contributed by atoms with Crippen molar-refractivity contribution < 1.29 is 39.2 Å². The lowest BCUT2D eigenvalue weighted by molar-refractivity contribution is -0.152. The molecule has 0 amide bonds. The number of rotatable bonds is 30. The Morgan fingerprint density at radius 1 is 0.717 bits per heavy atom. The predicted molar refractivity (Wildman–Crippen MR) is 183 cm³/mol. The normalized spacial score (nSPS) is 19.5. The van der Waals surface area contributed by atoms with Crippen molar-refractivity contribution in [2.75, 3.05) is 13.2 Å². The number of ketones is 1. The average molecular weight is 653 g/mol. The number of carbonyl (C=O) groups is 3. The van der Waals surface area contributed by atoms with Crippen LogP contribution in [0.3, 0.4) is 0 Å². The SMILES string of the molecule is CCCCCCCCCCCCCCC(=O)OC[C@H](O)COC(=O)CCCCCC[C@H]1C(=O)C[C@@H](O)[C@@H]1/C=C/[C@@H](O)CCCCC. The Kier molecular flexibility index (Phi) is 26.0. The van der Waals surface area contributed by atoms with Gasteiger partial charge in [-0.1, -0.05) is 135 Å². The first-order chi connectivity index (χ1) is 22.3. The zero-order valence-corrected chi connectivity index (χ0v) is 29.3. The average Bonchev–Trinajstić information content (AvgIpc) is 3.31. The molecule has 1 fully saturated rings. The maximum absolute atomic E-state index is 12.4. The number of aliphatic hydroxyl groups excluding tert-OH is 3. The lowest BCUT2D eigenvalue weighted by Gasteiger charge is -2.18. The van der Waals surface area contributed by atoms with Crippen LogP contribution in [0, 0.1) is 11.8 Å². The van der Waals surface area contributed by atoms with Gasteiger partial charge in [0.15, 0.2) is 0 Å². The van der Waals surface area contributed by atoms with Gasteiger partial charge < -0.3 is 24.8 Å². The summed E-state index contributed by atoms with van der Waals surface area (Å²) in [5.74, 6) is -1.10. The fourth-order valence-corrected chi connectivity index (χ4v) is 6.22. The van der Waals surface area contributed by atoms with Crippen LogP contribution in [0.25, 0.3) is 0 Å². The third kappa shape index (κ3) is 21.9. The van der Waals surface area contributed by atoms with E-state index in [1.165, 1.54) is 57.8 Å². The number of carbonyl (C=O) groups excluding carboxylic acids is 3. The van der Waals surface area contributed by atoms with Crippen LogP contribution in [0.5, 0.6) is 0 Å². The Bertz CT molecular complexity index is 813. The van der Waals surface area contributed by atoms with Crippen molar-refractivity contribution in [1.82, 2.24) is 0 Å². The molecule has 0 bridgehead atoms. The molecule has 0 aromatic carbocycles. The molecule has 0 heterocycles. The molecule has 1 rings (SSSR count). The third-order valence-corrected chi connectivity index (χ3v) is 9.15. The first-order valence-electron chi connectivity index (χ1n) is 18.8. The fourth-order valence-electron chi connectivity index (χ4n) is 6.22. The highest BCUT2D eigenvalue weighted by Crippen LogP contribution is 2.34. The van der Waals surface area contributed by atoms with Gasteiger partial charge in [-0.3, -0.25) is 14.4 Å². The van der Waals surface area contributed by atoms with Crippen LogP contribution in [0.15, 0.2) is 12.2 Å². The second-order valence-electron chi connectivity index (χ2n) is 13.5. The molecule has 3 N–H and O–H groups in total. The predicted octanol–water partition coefficient (Wildman–Crippen LogP) is 7.93. The van der Waals surface area contributed by atoms with Gasteiger partial charge in [0.2, 0.25) is 0 Å². The summed E-state index contributed by atoms with van der Waals surface area (Å²) in [6.45, 7) is 3.99. The van der Waals surface area contributed by atoms with E-state index in [-0.39, 0.29) is 49.6 Å². The maximum atomic E-state index is 12.4. The van der Waals surface area contributed by atoms with E-state index < -0.39 is 24.3 Å². The Morgan fingerprint density at radius 2 is 1.17 bits per heavy atom. The number of esters is 2. The summed E-state index contributed by atoms with van der Waals surface area (Å²) in [6.07, 6.45) is 24.5. The van der Waals surface area contributed by atoms with Gasteiger partial charge in [0, 0.05) is 31.1 Å². The zero-order valence-electron chi connectivity index (χ0n) is 29.3. The molecule has 0 spiro atoms. The van der Waals surface area contributed by atoms with Crippen LogP contribution in [0.1, 0.15) is 168 Å². The molecule has 46 heavy (non-hydrogen) atoms. The molecule has 1 aliphatic carbocycles. The highest BCUT2D eigenvalue weighted by Gasteiger charge is 2.39. The van der Waals surface area contributed by atoms with Gasteiger partial charge in [-0.2, -0.15) is 0 Å². The molecule has 8 nitrogen and oxygen atoms in total. The number of aliphatic hydroxyl groups is 3. The van der Waals surface area contributed by atoms with Crippen LogP contribution in [-0.4, -0.2) is 64.6 Å². The van der Waals surface area contributed by atoms with Crippen LogP contribution in [0.4, 0.5) is 0 Å². The minimum atomic E-state index is -1.03. The summed E-state index contributed by atoms with van der Waals surface area (Å²) in [5.41, 5.74) is 0. The lowest BCUT2D eigenvalue weighted by Crippen LogP contribution is -2.25. The molecule has 1 saturated carbocycles. The number of ether oxygens (including phenoxy) is 2. The first-order valence-corrected chi connectivity index (χ1v) is 18.8. The Morgan fingerprint density at radius 3 is 1.70 bits per heavy atom. The van der Waals surface area contributed by atoms with Crippen molar-refractivity contribution in [2.24, 2.45) is 11.8 Å². The van der Waals surface area contributed by atoms with Gasteiger partial charge in [-0.05, 0) is 25.7 Å². The van der Waals surface area contributed by atoms with Crippen LogP contribution >= 0.6 is 0 Å². The molecule has 0 unspecified atom stereocenters. The van der Waals surface area contributed by atoms with E-state index in [1.807, 2.05) is 6.08 Å². The largest absolute Gasteiger partial charge is 0.463 e. The minimum absolute atomic E-state index is 0.0831. The van der Waals surface area contributed by atoms with Crippen molar-refractivity contribution in [3.05, 3.63) is 12.2 Å². The lowest BCUT2D eigenvalue weighted by atomic mass is 9.88. The second-order valence-corrected chi connectivity index (χ2v) is 13.5. The molecule has 5 atom stereocenters. The zero-order chi connectivity index (χ0) is 33.8. The standard InChI is InChI=1S/C38H68O8/c1-3-5-7-8-9-10-11-12-13-14-15-20-24-37(43)45-29-32(40)30-46-38(44)25-21-17-16-19-23-33-34(36(42)28-35(33)41)27-26-31(39)22-18-6-4-2/h26-27,31-34,36,39-40,42H,3-25,28-30H2,1-2H3/b27-26+/t31-,32-,33+,34+,36+/m0/s1. The summed E-state index contributed by atoms with van der Waals surface area (Å²) in [5, 5.41) is 30.6. The third-order valence-electron chi connectivity index (χ3n) is 9.15. The van der Waals surface area contributed by atoms with Crippen molar-refractivity contribution in [2.45, 2.75) is 186 Å². The number of hydrogen-bond donors (Lipinski definition) is 3. The highest BCUT2D eigenvalue weighted by atomic mass is 16.6. The van der Waals surface area contributed by atoms with Crippen molar-refractivity contribution in [3.8, 4) is 0 Å². The van der Waals surface area contributed by atoms with E-state index >= 15 is 0 Å². The summed E-state index contributed by atoms with van der Waals surface area (Å²) < 4.78 is 10.3. The Balaban J connectivity index is 2.04. The number of Topliss-reactive ketones (excluding diaryl/α,β-unsaturated/α-hetero) is 1. The van der Waals surface area contributed by atoms with Crippen LogP contribution < -0.4 is 0 Å². The summed E-state index contributed by atoms with van der Waals surface area (Å²) >= 11 is 0. The second kappa shape index (κ2) is 28.3. The van der Waals surface area contributed by atoms with Gasteiger partial charge in [-0.25, -0.2) is 0 Å². The van der Waals surface area contributed by atoms with Gasteiger partial charge in [0.1, 0.15) is 25.1 Å². The quantitative estimate of drug-likeness (QED) is 0.0405. The van der Waals surface area contributed by atoms with Crippen LogP contribution in [0.2, 0.25) is 0 Å². The van der Waals surface area contributed by atoms with Gasteiger partial charge >= 0.3 is 11.9 Å². The molecule has 1 aliphatic rings. The molecule has 0 aromatic heterocycles. The molecule has 0 aliphatic heterocycles. The molecule has 0 aromatic rings. The van der Waals surface area contributed by atoms with E-state index in [1.54, 1.807) is 6.08 Å². The molecular weight excluding hydrogens is 584 g/mol. The number of unbranched alkanes of at least 4 members (excludes halogenated alkanes) is 16. The first kappa shape index (κ1) is 42.3. The van der Waals surface area contributed by atoms with Gasteiger partial charge in [-0.15, -0.1) is 0 Å². The Labute approximate surface area is 280 Å². The van der Waals surface area contributed by atoms with E-state index in [9.17, 15) is 29.7 Å². The van der Waals surface area contributed by atoms with E-state index in [2.05, 4.69) is 13.8 Å². The smallest absolute Gasteiger partial charge is 0.305 e. The highest BCUT2D eigenvalue weighted by molar-refractivity contribution is 5.84. The minimum Gasteiger partial charge on any atom is -0.463 e. The molecular formula is C38H68O8. The monoisotopic (exact) mass is 652 g/mol. The summed E-state index contributed by atoms with van der Waals surface area (Å²) in [4.78, 5) is 36.4. The van der Waals surface area contributed by atoms with Crippen molar-refractivity contribution >= 4 is 17.7 Å². The number of hydrogen-bond acceptors (Lipinski definition) is 8. The molecule has 268 valence electrons. The van der Waals surface area contributed by atoms with Crippen molar-refractivity contribution in [1.29, 1.82) is 0 Å². The van der Waals surface area contributed by atoms with Gasteiger partial charge in [0.25, 0.3) is 0 Å². The van der Waals surface area contributed by atoms with Gasteiger partial charge in [0.05, 0.1) is 12.2 Å². The molecule has 0 saturated heterocycles. The fraction of sp³-hybridized carbons (Fsp3) is 0.868. The maximum Gasteiger partial charge on any atom is 0.305 e. The topological polar surface area (TPSA) is 130 Å². The summed E-state index contributed by atoms with van der Waals surface area (Å²) in [6, 6.07) is 0. The van der Waals surface area contributed by atoms with E-state index in [4.69, 9.17) is 9.47 Å². The van der Waals surface area contributed by atoms with Crippen LogP contribution in [-0.2, 0) is 23.9 Å². The van der Waals surface area contributed by atoms with Crippen molar-refractivity contribution in [3.63, 3.8) is 0 Å². The Hall–Kier alpha value is -1.77. The van der Waals surface area contributed by atoms with E-state index in [0.29, 0.717) is 25.7 Å².